The van der Waals surface area contributed by atoms with Crippen LogP contribution in [0.4, 0.5) is 0 Å². The van der Waals surface area contributed by atoms with Crippen LogP contribution in [0.2, 0.25) is 5.02 Å². The lowest BCUT2D eigenvalue weighted by molar-refractivity contribution is -0.122. The first-order valence-corrected chi connectivity index (χ1v) is 7.63. The highest BCUT2D eigenvalue weighted by atomic mass is 35.5. The molecule has 1 aromatic carbocycles. The second-order valence-electron chi connectivity index (χ2n) is 5.70. The maximum absolute atomic E-state index is 11.9. The molecule has 1 aromatic heterocycles. The lowest BCUT2D eigenvalue weighted by Gasteiger charge is -2.14. The molecule has 0 saturated carbocycles. The van der Waals surface area contributed by atoms with Gasteiger partial charge in [0.05, 0.1) is 11.1 Å². The molecule has 114 valence electrons. The molecule has 0 saturated heterocycles. The summed E-state index contributed by atoms with van der Waals surface area (Å²) in [6.07, 6.45) is 0. The molecule has 1 unspecified atom stereocenters. The quantitative estimate of drug-likeness (QED) is 0.768. The number of H-pyrrole nitrogens is 1. The molecule has 0 aliphatic carbocycles. The number of rotatable bonds is 6. The van der Waals surface area contributed by atoms with E-state index in [0.717, 1.165) is 16.6 Å². The molecule has 0 radical (unpaired) electrons. The Labute approximate surface area is 130 Å². The molecule has 1 heterocycles. The third kappa shape index (κ3) is 3.99. The first-order valence-electron chi connectivity index (χ1n) is 7.25. The van der Waals surface area contributed by atoms with Crippen molar-refractivity contribution in [1.82, 2.24) is 15.6 Å². The first kappa shape index (κ1) is 15.9. The van der Waals surface area contributed by atoms with Gasteiger partial charge in [-0.25, -0.2) is 0 Å². The zero-order chi connectivity index (χ0) is 15.4. The summed E-state index contributed by atoms with van der Waals surface area (Å²) < 4.78 is 0. The predicted molar refractivity (Wildman–Crippen MR) is 87.5 cm³/mol. The van der Waals surface area contributed by atoms with Crippen molar-refractivity contribution in [1.29, 1.82) is 0 Å². The van der Waals surface area contributed by atoms with E-state index in [-0.39, 0.29) is 11.9 Å². The Bertz CT molecular complexity index is 621. The van der Waals surface area contributed by atoms with Gasteiger partial charge in [0.2, 0.25) is 5.91 Å². The fraction of sp³-hybridized carbons (Fsp3) is 0.438. The largest absolute Gasteiger partial charge is 0.356 e. The van der Waals surface area contributed by atoms with Crippen LogP contribution in [-0.2, 0) is 11.3 Å². The monoisotopic (exact) mass is 307 g/mol. The summed E-state index contributed by atoms with van der Waals surface area (Å²) in [5.41, 5.74) is 1.91. The maximum atomic E-state index is 11.9. The van der Waals surface area contributed by atoms with Crippen molar-refractivity contribution in [3.8, 4) is 0 Å². The molecule has 0 fully saturated rings. The third-order valence-corrected chi connectivity index (χ3v) is 3.81. The van der Waals surface area contributed by atoms with E-state index in [0.29, 0.717) is 24.0 Å². The van der Waals surface area contributed by atoms with E-state index in [1.807, 2.05) is 31.2 Å². The Morgan fingerprint density at radius 3 is 2.67 bits per heavy atom. The Kier molecular flexibility index (Phi) is 5.26. The third-order valence-electron chi connectivity index (χ3n) is 3.38. The summed E-state index contributed by atoms with van der Waals surface area (Å²) >= 11 is 6.35. The summed E-state index contributed by atoms with van der Waals surface area (Å²) in [5, 5.41) is 7.83. The minimum atomic E-state index is -0.258. The van der Waals surface area contributed by atoms with Crippen LogP contribution in [0.15, 0.2) is 24.3 Å². The predicted octanol–water partition coefficient (Wildman–Crippen LogP) is 3.07. The number of aromatic amines is 1. The fourth-order valence-electron chi connectivity index (χ4n) is 2.09. The van der Waals surface area contributed by atoms with Gasteiger partial charge >= 0.3 is 0 Å². The Hall–Kier alpha value is -1.52. The molecular formula is C16H22ClN3O. The zero-order valence-corrected chi connectivity index (χ0v) is 13.4. The Morgan fingerprint density at radius 2 is 2.00 bits per heavy atom. The summed E-state index contributed by atoms with van der Waals surface area (Å²) in [5.74, 6) is 0.459. The van der Waals surface area contributed by atoms with Crippen molar-refractivity contribution in [2.24, 2.45) is 5.92 Å². The van der Waals surface area contributed by atoms with Crippen molar-refractivity contribution in [3.05, 3.63) is 35.0 Å². The Balaban J connectivity index is 1.95. The van der Waals surface area contributed by atoms with Crippen LogP contribution in [0.3, 0.4) is 0 Å². The molecule has 0 aliphatic heterocycles. The molecule has 4 nitrogen and oxygen atoms in total. The standard InChI is InChI=1S/C16H22ClN3O/c1-10(2)8-19-16(21)11(3)18-9-14-15(17)12-6-4-5-7-13(12)20-14/h4-7,10-11,18,20H,8-9H2,1-3H3,(H,19,21). The van der Waals surface area contributed by atoms with E-state index >= 15 is 0 Å². The van der Waals surface area contributed by atoms with E-state index in [1.165, 1.54) is 0 Å². The maximum Gasteiger partial charge on any atom is 0.236 e. The van der Waals surface area contributed by atoms with Gasteiger partial charge in [0.25, 0.3) is 0 Å². The minimum absolute atomic E-state index is 0.0101. The molecule has 3 N–H and O–H groups in total. The highest BCUT2D eigenvalue weighted by molar-refractivity contribution is 6.36. The van der Waals surface area contributed by atoms with Crippen molar-refractivity contribution in [2.75, 3.05) is 6.54 Å². The van der Waals surface area contributed by atoms with Crippen LogP contribution in [0.1, 0.15) is 26.5 Å². The number of amides is 1. The van der Waals surface area contributed by atoms with Crippen molar-refractivity contribution in [3.63, 3.8) is 0 Å². The van der Waals surface area contributed by atoms with Crippen LogP contribution >= 0.6 is 11.6 Å². The van der Waals surface area contributed by atoms with Gasteiger partial charge in [-0.3, -0.25) is 4.79 Å². The van der Waals surface area contributed by atoms with Crippen molar-refractivity contribution >= 4 is 28.4 Å². The summed E-state index contributed by atoms with van der Waals surface area (Å²) in [6, 6.07) is 7.64. The molecule has 5 heteroatoms. The van der Waals surface area contributed by atoms with Gasteiger partial charge in [0.1, 0.15) is 0 Å². The van der Waals surface area contributed by atoms with Crippen LogP contribution in [0.25, 0.3) is 10.9 Å². The lowest BCUT2D eigenvalue weighted by atomic mass is 10.2. The second kappa shape index (κ2) is 6.96. The molecule has 2 rings (SSSR count). The van der Waals surface area contributed by atoms with Gasteiger partial charge in [0, 0.05) is 29.7 Å². The van der Waals surface area contributed by atoms with E-state index in [1.54, 1.807) is 0 Å². The number of hydrogen-bond acceptors (Lipinski definition) is 2. The Morgan fingerprint density at radius 1 is 1.29 bits per heavy atom. The number of carbonyl (C=O) groups excluding carboxylic acids is 1. The molecule has 0 spiro atoms. The molecule has 1 amide bonds. The smallest absolute Gasteiger partial charge is 0.236 e. The number of hydrogen-bond donors (Lipinski definition) is 3. The lowest BCUT2D eigenvalue weighted by Crippen LogP contribution is -2.43. The van der Waals surface area contributed by atoms with Gasteiger partial charge in [-0.2, -0.15) is 0 Å². The number of nitrogens with one attached hydrogen (secondary N) is 3. The number of halogens is 1. The number of aromatic nitrogens is 1. The zero-order valence-electron chi connectivity index (χ0n) is 12.7. The van der Waals surface area contributed by atoms with Crippen LogP contribution in [0, 0.1) is 5.92 Å². The van der Waals surface area contributed by atoms with Gasteiger partial charge in [-0.1, -0.05) is 43.6 Å². The fourth-order valence-corrected chi connectivity index (χ4v) is 2.37. The van der Waals surface area contributed by atoms with Gasteiger partial charge in [-0.15, -0.1) is 0 Å². The summed E-state index contributed by atoms with van der Waals surface area (Å²) in [4.78, 5) is 15.2. The highest BCUT2D eigenvalue weighted by Crippen LogP contribution is 2.26. The van der Waals surface area contributed by atoms with Crippen LogP contribution < -0.4 is 10.6 Å². The van der Waals surface area contributed by atoms with E-state index < -0.39 is 0 Å². The summed E-state index contributed by atoms with van der Waals surface area (Å²) in [7, 11) is 0. The average molecular weight is 308 g/mol. The summed E-state index contributed by atoms with van der Waals surface area (Å²) in [6.45, 7) is 7.22. The molecule has 1 atom stereocenters. The van der Waals surface area contributed by atoms with Gasteiger partial charge in [-0.05, 0) is 18.9 Å². The highest BCUT2D eigenvalue weighted by Gasteiger charge is 2.14. The number of carbonyl (C=O) groups is 1. The molecular weight excluding hydrogens is 286 g/mol. The minimum Gasteiger partial charge on any atom is -0.356 e. The molecule has 21 heavy (non-hydrogen) atoms. The van der Waals surface area contributed by atoms with E-state index in [9.17, 15) is 4.79 Å². The van der Waals surface area contributed by atoms with Crippen molar-refractivity contribution < 1.29 is 4.79 Å². The van der Waals surface area contributed by atoms with Gasteiger partial charge in [0.15, 0.2) is 0 Å². The topological polar surface area (TPSA) is 56.9 Å². The van der Waals surface area contributed by atoms with Crippen molar-refractivity contribution in [2.45, 2.75) is 33.4 Å². The number of para-hydroxylation sites is 1. The number of benzene rings is 1. The van der Waals surface area contributed by atoms with Crippen LogP contribution in [0.5, 0.6) is 0 Å². The second-order valence-corrected chi connectivity index (χ2v) is 6.08. The van der Waals surface area contributed by atoms with E-state index in [4.69, 9.17) is 11.6 Å². The van der Waals surface area contributed by atoms with Crippen LogP contribution in [-0.4, -0.2) is 23.5 Å². The molecule has 2 aromatic rings. The van der Waals surface area contributed by atoms with Gasteiger partial charge < -0.3 is 15.6 Å². The average Bonchev–Trinajstić information content (AvgIpc) is 2.79. The normalized spacial score (nSPS) is 12.8. The number of fused-ring (bicyclic) bond motifs is 1. The molecule has 0 bridgehead atoms. The first-order chi connectivity index (χ1) is 9.99. The SMILES string of the molecule is CC(C)CNC(=O)C(C)NCc1[nH]c2ccccc2c1Cl. The molecule has 0 aliphatic rings. The van der Waals surface area contributed by atoms with E-state index in [2.05, 4.69) is 29.5 Å².